The highest BCUT2D eigenvalue weighted by atomic mass is 16.7. The van der Waals surface area contributed by atoms with Crippen molar-refractivity contribution >= 4 is 17.8 Å². The minimum absolute atomic E-state index is 0.154. The molecule has 2 heterocycles. The highest BCUT2D eigenvalue weighted by molar-refractivity contribution is 5.93. The third-order valence-electron chi connectivity index (χ3n) is 5.34. The van der Waals surface area contributed by atoms with Crippen LogP contribution in [0.5, 0.6) is 11.5 Å². The highest BCUT2D eigenvalue weighted by Gasteiger charge is 2.27. The summed E-state index contributed by atoms with van der Waals surface area (Å²) in [6.07, 6.45) is 12.8. The van der Waals surface area contributed by atoms with Crippen LogP contribution < -0.4 is 14.4 Å². The van der Waals surface area contributed by atoms with Crippen molar-refractivity contribution in [1.29, 1.82) is 0 Å². The molecular formula is C23H26N2O3. The Morgan fingerprint density at radius 1 is 1.11 bits per heavy atom. The summed E-state index contributed by atoms with van der Waals surface area (Å²) in [6, 6.07) is 11.9. The van der Waals surface area contributed by atoms with Crippen molar-refractivity contribution in [2.24, 2.45) is 0 Å². The first kappa shape index (κ1) is 18.5. The maximum Gasteiger partial charge on any atom is 0.231 e. The normalized spacial score (nSPS) is 16.4. The van der Waals surface area contributed by atoms with Gasteiger partial charge in [-0.05, 0) is 49.1 Å². The Bertz CT molecular complexity index is 829. The zero-order valence-corrected chi connectivity index (χ0v) is 16.0. The molecule has 0 atom stereocenters. The monoisotopic (exact) mass is 378 g/mol. The van der Waals surface area contributed by atoms with Crippen molar-refractivity contribution in [3.05, 3.63) is 54.2 Å². The fourth-order valence-electron chi connectivity index (χ4n) is 3.92. The summed E-state index contributed by atoms with van der Waals surface area (Å²) in [6.45, 7) is 0.279. The summed E-state index contributed by atoms with van der Waals surface area (Å²) in [4.78, 5) is 19.4. The van der Waals surface area contributed by atoms with Crippen LogP contribution >= 0.6 is 0 Å². The zero-order chi connectivity index (χ0) is 19.2. The van der Waals surface area contributed by atoms with Crippen LogP contribution in [0.2, 0.25) is 0 Å². The summed E-state index contributed by atoms with van der Waals surface area (Å²) < 4.78 is 10.7. The first-order chi connectivity index (χ1) is 13.8. The molecule has 2 aliphatic rings. The van der Waals surface area contributed by atoms with Crippen LogP contribution in [-0.4, -0.2) is 23.7 Å². The van der Waals surface area contributed by atoms with E-state index < -0.39 is 0 Å². The Balaban J connectivity index is 1.38. The van der Waals surface area contributed by atoms with Crippen molar-refractivity contribution in [2.75, 3.05) is 11.7 Å². The summed E-state index contributed by atoms with van der Waals surface area (Å²) in [5.74, 6) is 2.49. The third kappa shape index (κ3) is 4.35. The van der Waals surface area contributed by atoms with Crippen LogP contribution in [0.1, 0.15) is 50.5 Å². The molecule has 0 unspecified atom stereocenters. The van der Waals surface area contributed by atoms with Gasteiger partial charge in [0.15, 0.2) is 11.5 Å². The molecule has 1 aromatic carbocycles. The summed E-state index contributed by atoms with van der Waals surface area (Å²) >= 11 is 0. The maximum atomic E-state index is 13.0. The Labute approximate surface area is 166 Å². The molecule has 1 fully saturated rings. The molecule has 0 N–H and O–H groups in total. The Morgan fingerprint density at radius 3 is 2.79 bits per heavy atom. The topological polar surface area (TPSA) is 51.7 Å². The largest absolute Gasteiger partial charge is 0.454 e. The number of amides is 1. The standard InChI is InChI=1S/C23H26N2O3/c26-23(12-5-4-8-18-13-14-20-21(16-18)28-17-27-20)25(19-9-2-1-3-10-19)22-11-6-7-15-24-22/h4,6-8,11,13-16,19H,1-3,5,9-10,12,17H2/b8-4-. The van der Waals surface area contributed by atoms with E-state index in [1.54, 1.807) is 6.20 Å². The van der Waals surface area contributed by atoms with Crippen molar-refractivity contribution in [2.45, 2.75) is 51.0 Å². The zero-order valence-electron chi connectivity index (χ0n) is 16.0. The first-order valence-corrected chi connectivity index (χ1v) is 10.1. The summed E-state index contributed by atoms with van der Waals surface area (Å²) in [7, 11) is 0. The molecule has 0 radical (unpaired) electrons. The number of carbonyl (C=O) groups excluding carboxylic acids is 1. The van der Waals surface area contributed by atoms with Gasteiger partial charge in [-0.3, -0.25) is 9.69 Å². The molecule has 28 heavy (non-hydrogen) atoms. The fraction of sp³-hybridized carbons (Fsp3) is 0.391. The molecule has 1 aliphatic heterocycles. The van der Waals surface area contributed by atoms with Gasteiger partial charge in [-0.1, -0.05) is 43.5 Å². The molecule has 1 saturated carbocycles. The minimum Gasteiger partial charge on any atom is -0.454 e. The van der Waals surface area contributed by atoms with Crippen LogP contribution in [0.4, 0.5) is 5.82 Å². The number of benzene rings is 1. The number of hydrogen-bond acceptors (Lipinski definition) is 4. The van der Waals surface area contributed by atoms with Crippen LogP contribution in [0.3, 0.4) is 0 Å². The van der Waals surface area contributed by atoms with Crippen molar-refractivity contribution < 1.29 is 14.3 Å². The number of nitrogens with zero attached hydrogens (tertiary/aromatic N) is 2. The lowest BCUT2D eigenvalue weighted by Gasteiger charge is -2.33. The molecule has 2 aromatic rings. The van der Waals surface area contributed by atoms with Gasteiger partial charge in [0.2, 0.25) is 12.7 Å². The van der Waals surface area contributed by atoms with Gasteiger partial charge >= 0.3 is 0 Å². The van der Waals surface area contributed by atoms with Gasteiger partial charge < -0.3 is 9.47 Å². The fourth-order valence-corrected chi connectivity index (χ4v) is 3.92. The average Bonchev–Trinajstić information content (AvgIpc) is 3.21. The number of allylic oxidation sites excluding steroid dienone is 1. The first-order valence-electron chi connectivity index (χ1n) is 10.1. The lowest BCUT2D eigenvalue weighted by atomic mass is 9.94. The Hall–Kier alpha value is -2.82. The van der Waals surface area contributed by atoms with Crippen molar-refractivity contribution in [1.82, 2.24) is 4.98 Å². The van der Waals surface area contributed by atoms with Gasteiger partial charge in [-0.2, -0.15) is 0 Å². The quantitative estimate of drug-likeness (QED) is 0.712. The molecule has 1 aromatic heterocycles. The van der Waals surface area contributed by atoms with Gasteiger partial charge in [-0.25, -0.2) is 4.98 Å². The molecule has 5 heteroatoms. The molecule has 0 saturated heterocycles. The second-order valence-corrected chi connectivity index (χ2v) is 7.30. The van der Waals surface area contributed by atoms with Crippen molar-refractivity contribution in [3.8, 4) is 11.5 Å². The number of aromatic nitrogens is 1. The van der Waals surface area contributed by atoms with E-state index in [0.29, 0.717) is 12.8 Å². The van der Waals surface area contributed by atoms with E-state index >= 15 is 0 Å². The average molecular weight is 378 g/mol. The SMILES string of the molecule is O=C(CC/C=C\c1ccc2c(c1)OCO2)N(c1ccccn1)C1CCCCC1. The van der Waals surface area contributed by atoms with E-state index in [2.05, 4.69) is 4.98 Å². The Morgan fingerprint density at radius 2 is 1.96 bits per heavy atom. The van der Waals surface area contributed by atoms with Crippen LogP contribution in [0.15, 0.2) is 48.7 Å². The number of hydrogen-bond donors (Lipinski definition) is 0. The van der Waals surface area contributed by atoms with E-state index in [1.807, 2.05) is 53.5 Å². The number of pyridine rings is 1. The molecule has 5 nitrogen and oxygen atoms in total. The summed E-state index contributed by atoms with van der Waals surface area (Å²) in [5, 5.41) is 0. The van der Waals surface area contributed by atoms with E-state index in [4.69, 9.17) is 9.47 Å². The van der Waals surface area contributed by atoms with Gasteiger partial charge in [0.05, 0.1) is 0 Å². The molecule has 146 valence electrons. The number of anilines is 1. The molecule has 0 bridgehead atoms. The van der Waals surface area contributed by atoms with Gasteiger partial charge in [0.25, 0.3) is 0 Å². The van der Waals surface area contributed by atoms with Crippen molar-refractivity contribution in [3.63, 3.8) is 0 Å². The number of rotatable bonds is 6. The molecule has 1 aliphatic carbocycles. The van der Waals surface area contributed by atoms with Crippen LogP contribution in [-0.2, 0) is 4.79 Å². The summed E-state index contributed by atoms with van der Waals surface area (Å²) in [5.41, 5.74) is 1.05. The molecule has 4 rings (SSSR count). The van der Waals surface area contributed by atoms with E-state index in [1.165, 1.54) is 19.3 Å². The maximum absolute atomic E-state index is 13.0. The van der Waals surface area contributed by atoms with E-state index in [9.17, 15) is 4.79 Å². The van der Waals surface area contributed by atoms with E-state index in [0.717, 1.165) is 35.7 Å². The van der Waals surface area contributed by atoms with Gasteiger partial charge in [-0.15, -0.1) is 0 Å². The third-order valence-corrected chi connectivity index (χ3v) is 5.34. The smallest absolute Gasteiger partial charge is 0.231 e. The lowest BCUT2D eigenvalue weighted by molar-refractivity contribution is -0.119. The highest BCUT2D eigenvalue weighted by Crippen LogP contribution is 2.33. The number of fused-ring (bicyclic) bond motifs is 1. The van der Waals surface area contributed by atoms with E-state index in [-0.39, 0.29) is 18.7 Å². The van der Waals surface area contributed by atoms with Gasteiger partial charge in [0, 0.05) is 18.7 Å². The second kappa shape index (κ2) is 8.91. The minimum atomic E-state index is 0.154. The molecule has 1 amide bonds. The Kier molecular flexibility index (Phi) is 5.90. The number of ether oxygens (including phenoxy) is 2. The van der Waals surface area contributed by atoms with Gasteiger partial charge in [0.1, 0.15) is 5.82 Å². The predicted octanol–water partition coefficient (Wildman–Crippen LogP) is 4.97. The predicted molar refractivity (Wildman–Crippen MR) is 109 cm³/mol. The van der Waals surface area contributed by atoms with Crippen LogP contribution in [0.25, 0.3) is 6.08 Å². The number of carbonyl (C=O) groups is 1. The van der Waals surface area contributed by atoms with Crippen LogP contribution in [0, 0.1) is 0 Å². The molecular weight excluding hydrogens is 352 g/mol. The second-order valence-electron chi connectivity index (χ2n) is 7.30. The molecule has 0 spiro atoms. The lowest BCUT2D eigenvalue weighted by Crippen LogP contribution is -2.42.